The van der Waals surface area contributed by atoms with Gasteiger partial charge in [0, 0.05) is 17.5 Å². The SMILES string of the molecule is CC[C@H](C)C(=O)OC[C@H]1O[C@@H](Oc2cc3oc(=O)ccc3cc2OC)[C@H](O)[C@@H](O)[C@@H]1O. The molecule has 1 saturated heterocycles. The number of rotatable bonds is 7. The molecule has 10 nitrogen and oxygen atoms in total. The average Bonchev–Trinajstić information content (AvgIpc) is 2.77. The van der Waals surface area contributed by atoms with E-state index in [1.54, 1.807) is 19.1 Å². The summed E-state index contributed by atoms with van der Waals surface area (Å²) in [6.45, 7) is 3.20. The number of esters is 1. The number of hydrogen-bond donors (Lipinski definition) is 3. The van der Waals surface area contributed by atoms with Gasteiger partial charge in [0.2, 0.25) is 6.29 Å². The molecular formula is C21H26O10. The van der Waals surface area contributed by atoms with Gasteiger partial charge >= 0.3 is 11.6 Å². The van der Waals surface area contributed by atoms with Crippen molar-refractivity contribution in [3.8, 4) is 11.5 Å². The van der Waals surface area contributed by atoms with Crippen molar-refractivity contribution >= 4 is 16.9 Å². The first kappa shape index (κ1) is 23.0. The first-order chi connectivity index (χ1) is 14.7. The lowest BCUT2D eigenvalue weighted by atomic mass is 9.99. The van der Waals surface area contributed by atoms with Crippen LogP contribution >= 0.6 is 0 Å². The topological polar surface area (TPSA) is 145 Å². The second-order valence-corrected chi connectivity index (χ2v) is 7.37. The van der Waals surface area contributed by atoms with Crippen LogP contribution in [0.2, 0.25) is 0 Å². The van der Waals surface area contributed by atoms with Crippen LogP contribution in [0, 0.1) is 5.92 Å². The van der Waals surface area contributed by atoms with Crippen molar-refractivity contribution < 1.29 is 43.5 Å². The maximum absolute atomic E-state index is 11.9. The molecule has 1 aromatic heterocycles. The van der Waals surface area contributed by atoms with Gasteiger partial charge in [-0.2, -0.15) is 0 Å². The van der Waals surface area contributed by atoms with Gasteiger partial charge in [0.15, 0.2) is 11.5 Å². The smallest absolute Gasteiger partial charge is 0.336 e. The predicted molar refractivity (Wildman–Crippen MR) is 107 cm³/mol. The normalized spacial score (nSPS) is 27.0. The number of hydrogen-bond acceptors (Lipinski definition) is 10. The predicted octanol–water partition coefficient (Wildman–Crippen LogP) is 0.577. The monoisotopic (exact) mass is 438 g/mol. The van der Waals surface area contributed by atoms with Gasteiger partial charge in [-0.3, -0.25) is 4.79 Å². The van der Waals surface area contributed by atoms with Crippen molar-refractivity contribution in [2.75, 3.05) is 13.7 Å². The lowest BCUT2D eigenvalue weighted by Gasteiger charge is -2.40. The van der Waals surface area contributed by atoms with Gasteiger partial charge < -0.3 is 38.7 Å². The van der Waals surface area contributed by atoms with Crippen molar-refractivity contribution in [3.63, 3.8) is 0 Å². The maximum atomic E-state index is 11.9. The van der Waals surface area contributed by atoms with Crippen LogP contribution in [0.3, 0.4) is 0 Å². The molecule has 6 atom stereocenters. The van der Waals surface area contributed by atoms with E-state index in [4.69, 9.17) is 23.4 Å². The van der Waals surface area contributed by atoms with Crippen molar-refractivity contribution in [1.29, 1.82) is 0 Å². The van der Waals surface area contributed by atoms with Gasteiger partial charge in [0.05, 0.1) is 13.0 Å². The third-order valence-electron chi connectivity index (χ3n) is 5.22. The minimum absolute atomic E-state index is 0.0762. The second-order valence-electron chi connectivity index (χ2n) is 7.37. The first-order valence-corrected chi connectivity index (χ1v) is 9.90. The number of aliphatic hydroxyl groups excluding tert-OH is 3. The summed E-state index contributed by atoms with van der Waals surface area (Å²) in [6.07, 6.45) is -6.71. The number of benzene rings is 1. The van der Waals surface area contributed by atoms with Crippen molar-refractivity contribution in [2.45, 2.75) is 51.0 Å². The Balaban J connectivity index is 1.81. The molecule has 1 aromatic carbocycles. The summed E-state index contributed by atoms with van der Waals surface area (Å²) in [6, 6.07) is 5.78. The van der Waals surface area contributed by atoms with E-state index in [1.165, 1.54) is 19.2 Å². The fourth-order valence-corrected chi connectivity index (χ4v) is 3.08. The molecule has 0 spiro atoms. The molecule has 2 aromatic rings. The van der Waals surface area contributed by atoms with Gasteiger partial charge in [0.25, 0.3) is 0 Å². The van der Waals surface area contributed by atoms with Crippen LogP contribution in [0.5, 0.6) is 11.5 Å². The van der Waals surface area contributed by atoms with E-state index in [2.05, 4.69) is 0 Å². The Morgan fingerprint density at radius 2 is 1.87 bits per heavy atom. The van der Waals surface area contributed by atoms with Crippen molar-refractivity contribution in [3.05, 3.63) is 34.7 Å². The molecule has 0 amide bonds. The Labute approximate surface area is 177 Å². The van der Waals surface area contributed by atoms with E-state index < -0.39 is 42.3 Å². The number of carbonyl (C=O) groups excluding carboxylic acids is 1. The van der Waals surface area contributed by atoms with Crippen LogP contribution < -0.4 is 15.1 Å². The minimum atomic E-state index is -1.62. The number of methoxy groups -OCH3 is 1. The van der Waals surface area contributed by atoms with Gasteiger partial charge in [-0.15, -0.1) is 0 Å². The van der Waals surface area contributed by atoms with Crippen molar-refractivity contribution in [1.82, 2.24) is 0 Å². The second kappa shape index (κ2) is 9.65. The third-order valence-corrected chi connectivity index (χ3v) is 5.22. The molecule has 31 heavy (non-hydrogen) atoms. The molecule has 1 aliphatic rings. The lowest BCUT2D eigenvalue weighted by molar-refractivity contribution is -0.279. The van der Waals surface area contributed by atoms with Crippen LogP contribution in [0.15, 0.2) is 33.5 Å². The lowest BCUT2D eigenvalue weighted by Crippen LogP contribution is -2.60. The van der Waals surface area contributed by atoms with Gasteiger partial charge in [0.1, 0.15) is 36.6 Å². The van der Waals surface area contributed by atoms with E-state index in [9.17, 15) is 24.9 Å². The Morgan fingerprint density at radius 3 is 2.55 bits per heavy atom. The fourth-order valence-electron chi connectivity index (χ4n) is 3.08. The number of carbonyl (C=O) groups is 1. The van der Waals surface area contributed by atoms with Gasteiger partial charge in [-0.1, -0.05) is 13.8 Å². The quantitative estimate of drug-likeness (QED) is 0.414. The average molecular weight is 438 g/mol. The Bertz CT molecular complexity index is 970. The van der Waals surface area contributed by atoms with Gasteiger partial charge in [-0.25, -0.2) is 4.79 Å². The highest BCUT2D eigenvalue weighted by Gasteiger charge is 2.45. The molecule has 0 radical (unpaired) electrons. The zero-order chi connectivity index (χ0) is 22.7. The summed E-state index contributed by atoms with van der Waals surface area (Å²) in [4.78, 5) is 23.4. The zero-order valence-corrected chi connectivity index (χ0v) is 17.4. The Morgan fingerprint density at radius 1 is 1.13 bits per heavy atom. The molecule has 1 aliphatic heterocycles. The van der Waals surface area contributed by atoms with Crippen LogP contribution in [-0.4, -0.2) is 65.7 Å². The number of fused-ring (bicyclic) bond motifs is 1. The molecular weight excluding hydrogens is 412 g/mol. The molecule has 0 unspecified atom stereocenters. The van der Waals surface area contributed by atoms with Gasteiger partial charge in [-0.05, 0) is 18.6 Å². The standard InChI is InChI=1S/C21H26O10/c1-4-10(2)20(26)28-9-15-17(23)18(24)19(25)21(31-15)30-14-8-12-11(7-13(14)27-3)5-6-16(22)29-12/h5-8,10,15,17-19,21,23-25H,4,9H2,1-3H3/t10-,15+,17+,18-,19+,21+/m0/s1. The largest absolute Gasteiger partial charge is 0.493 e. The molecule has 170 valence electrons. The summed E-state index contributed by atoms with van der Waals surface area (Å²) in [5.74, 6) is -0.465. The van der Waals surface area contributed by atoms with E-state index in [0.29, 0.717) is 11.8 Å². The highest BCUT2D eigenvalue weighted by molar-refractivity contribution is 5.80. The van der Waals surface area contributed by atoms with E-state index in [-0.39, 0.29) is 29.6 Å². The molecule has 0 saturated carbocycles. The minimum Gasteiger partial charge on any atom is -0.493 e. The number of ether oxygens (including phenoxy) is 4. The Kier molecular flexibility index (Phi) is 7.16. The molecule has 1 fully saturated rings. The summed E-state index contributed by atoms with van der Waals surface area (Å²) in [7, 11) is 1.40. The highest BCUT2D eigenvalue weighted by atomic mass is 16.7. The zero-order valence-electron chi connectivity index (χ0n) is 17.4. The molecule has 10 heteroatoms. The third kappa shape index (κ3) is 4.99. The first-order valence-electron chi connectivity index (χ1n) is 9.90. The van der Waals surface area contributed by atoms with E-state index >= 15 is 0 Å². The molecule has 3 N–H and O–H groups in total. The molecule has 0 aliphatic carbocycles. The molecule has 0 bridgehead atoms. The van der Waals surface area contributed by atoms with Crippen LogP contribution in [0.25, 0.3) is 11.0 Å². The fraction of sp³-hybridized carbons (Fsp3) is 0.524. The van der Waals surface area contributed by atoms with E-state index in [1.807, 2.05) is 6.92 Å². The summed E-state index contributed by atoms with van der Waals surface area (Å²) in [5.41, 5.74) is -0.340. The van der Waals surface area contributed by atoms with Crippen LogP contribution in [0.1, 0.15) is 20.3 Å². The van der Waals surface area contributed by atoms with Crippen LogP contribution in [0.4, 0.5) is 0 Å². The molecule has 2 heterocycles. The highest BCUT2D eigenvalue weighted by Crippen LogP contribution is 2.34. The van der Waals surface area contributed by atoms with E-state index in [0.717, 1.165) is 0 Å². The summed E-state index contributed by atoms with van der Waals surface area (Å²) in [5, 5.41) is 31.4. The molecule has 3 rings (SSSR count). The summed E-state index contributed by atoms with van der Waals surface area (Å²) < 4.78 is 26.8. The number of aliphatic hydroxyl groups is 3. The van der Waals surface area contributed by atoms with Crippen LogP contribution in [-0.2, 0) is 14.3 Å². The summed E-state index contributed by atoms with van der Waals surface area (Å²) >= 11 is 0. The maximum Gasteiger partial charge on any atom is 0.336 e. The Hall–Kier alpha value is -2.66. The van der Waals surface area contributed by atoms with Crippen molar-refractivity contribution in [2.24, 2.45) is 5.92 Å².